The van der Waals surface area contributed by atoms with Gasteiger partial charge in [0.2, 0.25) is 0 Å². The Bertz CT molecular complexity index is 520. The van der Waals surface area contributed by atoms with Crippen LogP contribution in [0.15, 0.2) is 22.7 Å². The number of hydrogen-bond donors (Lipinski definition) is 1. The second kappa shape index (κ2) is 6.79. The van der Waals surface area contributed by atoms with E-state index in [0.717, 1.165) is 41.7 Å². The van der Waals surface area contributed by atoms with Crippen LogP contribution in [0.5, 0.6) is 5.75 Å². The van der Waals surface area contributed by atoms with Gasteiger partial charge >= 0.3 is 5.97 Å². The highest BCUT2D eigenvalue weighted by Crippen LogP contribution is 2.35. The summed E-state index contributed by atoms with van der Waals surface area (Å²) < 4.78 is 6.41. The molecule has 4 nitrogen and oxygen atoms in total. The first-order valence-corrected chi connectivity index (χ1v) is 8.08. The van der Waals surface area contributed by atoms with Crippen LogP contribution in [-0.4, -0.2) is 36.2 Å². The van der Waals surface area contributed by atoms with Gasteiger partial charge in [-0.1, -0.05) is 22.9 Å². The van der Waals surface area contributed by atoms with Crippen molar-refractivity contribution in [3.8, 4) is 5.75 Å². The highest BCUT2D eigenvalue weighted by Gasteiger charge is 2.40. The molecule has 1 unspecified atom stereocenters. The van der Waals surface area contributed by atoms with Crippen molar-refractivity contribution in [2.24, 2.45) is 5.41 Å². The number of hydrogen-bond acceptors (Lipinski definition) is 3. The van der Waals surface area contributed by atoms with Gasteiger partial charge in [-0.25, -0.2) is 0 Å². The fourth-order valence-electron chi connectivity index (χ4n) is 3.09. The molecule has 1 fully saturated rings. The number of methoxy groups -OCH3 is 1. The summed E-state index contributed by atoms with van der Waals surface area (Å²) in [6, 6.07) is 5.93. The first kappa shape index (κ1) is 16.3. The third-order valence-electron chi connectivity index (χ3n) is 4.42. The molecule has 1 aliphatic heterocycles. The Morgan fingerprint density at radius 3 is 2.90 bits per heavy atom. The largest absolute Gasteiger partial charge is 0.496 e. The molecule has 1 aromatic carbocycles. The van der Waals surface area contributed by atoms with E-state index in [0.29, 0.717) is 13.0 Å². The molecule has 0 amide bonds. The molecule has 1 saturated heterocycles. The number of carbonyl (C=O) groups is 1. The summed E-state index contributed by atoms with van der Waals surface area (Å²) >= 11 is 3.48. The Labute approximate surface area is 134 Å². The number of benzene rings is 1. The van der Waals surface area contributed by atoms with Gasteiger partial charge in [-0.3, -0.25) is 9.69 Å². The summed E-state index contributed by atoms with van der Waals surface area (Å²) in [5.74, 6) is 0.178. The first-order valence-electron chi connectivity index (χ1n) is 7.29. The van der Waals surface area contributed by atoms with E-state index in [-0.39, 0.29) is 0 Å². The minimum atomic E-state index is -0.670. The summed E-state index contributed by atoms with van der Waals surface area (Å²) in [6.45, 7) is 4.23. The third kappa shape index (κ3) is 3.58. The Balaban J connectivity index is 2.16. The Morgan fingerprint density at radius 1 is 1.52 bits per heavy atom. The number of nitrogens with zero attached hydrogens (tertiary/aromatic N) is 1. The summed E-state index contributed by atoms with van der Waals surface area (Å²) in [6.07, 6.45) is 2.37. The maximum absolute atomic E-state index is 11.6. The van der Waals surface area contributed by atoms with Crippen LogP contribution in [-0.2, 0) is 11.3 Å². The van der Waals surface area contributed by atoms with Crippen molar-refractivity contribution in [2.75, 3.05) is 20.2 Å². The van der Waals surface area contributed by atoms with E-state index in [9.17, 15) is 9.90 Å². The number of carboxylic acid groups (broad SMARTS) is 1. The predicted molar refractivity (Wildman–Crippen MR) is 85.6 cm³/mol. The second-order valence-corrected chi connectivity index (χ2v) is 6.63. The molecule has 0 spiro atoms. The van der Waals surface area contributed by atoms with Gasteiger partial charge in [0, 0.05) is 23.1 Å². The Kier molecular flexibility index (Phi) is 5.27. The van der Waals surface area contributed by atoms with E-state index in [1.807, 2.05) is 25.1 Å². The molecule has 0 aromatic heterocycles. The van der Waals surface area contributed by atoms with Crippen molar-refractivity contribution in [3.63, 3.8) is 0 Å². The van der Waals surface area contributed by atoms with Crippen molar-refractivity contribution in [2.45, 2.75) is 32.7 Å². The van der Waals surface area contributed by atoms with Gasteiger partial charge in [-0.15, -0.1) is 0 Å². The van der Waals surface area contributed by atoms with Crippen molar-refractivity contribution in [3.05, 3.63) is 28.2 Å². The van der Waals surface area contributed by atoms with E-state index in [1.165, 1.54) is 0 Å². The lowest BCUT2D eigenvalue weighted by molar-refractivity contribution is -0.153. The van der Waals surface area contributed by atoms with Crippen LogP contribution in [0, 0.1) is 5.41 Å². The zero-order valence-electron chi connectivity index (χ0n) is 12.6. The molecule has 1 atom stereocenters. The zero-order valence-corrected chi connectivity index (χ0v) is 14.1. The normalized spacial score (nSPS) is 23.0. The van der Waals surface area contributed by atoms with Gasteiger partial charge in [0.05, 0.1) is 12.5 Å². The van der Waals surface area contributed by atoms with Crippen LogP contribution in [0.1, 0.15) is 31.7 Å². The van der Waals surface area contributed by atoms with Crippen molar-refractivity contribution >= 4 is 21.9 Å². The summed E-state index contributed by atoms with van der Waals surface area (Å²) in [4.78, 5) is 13.9. The van der Waals surface area contributed by atoms with Crippen molar-refractivity contribution < 1.29 is 14.6 Å². The lowest BCUT2D eigenvalue weighted by Crippen LogP contribution is -2.47. The number of rotatable bonds is 5. The lowest BCUT2D eigenvalue weighted by atomic mass is 9.77. The van der Waals surface area contributed by atoms with E-state index < -0.39 is 11.4 Å². The van der Waals surface area contributed by atoms with Gasteiger partial charge in [0.1, 0.15) is 5.75 Å². The van der Waals surface area contributed by atoms with Gasteiger partial charge < -0.3 is 9.84 Å². The molecule has 0 bridgehead atoms. The Morgan fingerprint density at radius 2 is 2.29 bits per heavy atom. The Hall–Kier alpha value is -1.07. The number of ether oxygens (including phenoxy) is 1. The van der Waals surface area contributed by atoms with Crippen molar-refractivity contribution in [1.82, 2.24) is 4.90 Å². The van der Waals surface area contributed by atoms with Crippen LogP contribution in [0.2, 0.25) is 0 Å². The van der Waals surface area contributed by atoms with Crippen LogP contribution < -0.4 is 4.74 Å². The summed E-state index contributed by atoms with van der Waals surface area (Å²) in [7, 11) is 1.66. The van der Waals surface area contributed by atoms with Crippen molar-refractivity contribution in [1.29, 1.82) is 0 Å². The minimum Gasteiger partial charge on any atom is -0.496 e. The number of halogens is 1. The van der Waals surface area contributed by atoms with E-state index in [2.05, 4.69) is 20.8 Å². The third-order valence-corrected chi connectivity index (χ3v) is 4.92. The molecular weight excluding hydrogens is 334 g/mol. The van der Waals surface area contributed by atoms with Crippen LogP contribution >= 0.6 is 15.9 Å². The molecule has 0 saturated carbocycles. The molecule has 1 N–H and O–H groups in total. The number of carboxylic acids is 1. The van der Waals surface area contributed by atoms with Gasteiger partial charge in [0.15, 0.2) is 0 Å². The smallest absolute Gasteiger partial charge is 0.310 e. The van der Waals surface area contributed by atoms with Gasteiger partial charge in [-0.2, -0.15) is 0 Å². The second-order valence-electron chi connectivity index (χ2n) is 5.71. The fourth-order valence-corrected chi connectivity index (χ4v) is 3.50. The average Bonchev–Trinajstić information content (AvgIpc) is 2.47. The van der Waals surface area contributed by atoms with E-state index >= 15 is 0 Å². The van der Waals surface area contributed by atoms with Gasteiger partial charge in [0.25, 0.3) is 0 Å². The quantitative estimate of drug-likeness (QED) is 0.877. The molecule has 2 rings (SSSR count). The van der Waals surface area contributed by atoms with Crippen LogP contribution in [0.3, 0.4) is 0 Å². The maximum atomic E-state index is 11.6. The zero-order chi connectivity index (χ0) is 15.5. The highest BCUT2D eigenvalue weighted by molar-refractivity contribution is 9.10. The standard InChI is InChI=1S/C16H22BrNO3/c1-3-16(15(19)20)7-4-8-18(11-16)10-12-9-13(17)5-6-14(12)21-2/h5-6,9H,3-4,7-8,10-11H2,1-2H3,(H,19,20). The first-order chi connectivity index (χ1) is 10.0. The van der Waals surface area contributed by atoms with Crippen LogP contribution in [0.4, 0.5) is 0 Å². The number of likely N-dealkylation sites (tertiary alicyclic amines) is 1. The molecule has 1 aromatic rings. The summed E-state index contributed by atoms with van der Waals surface area (Å²) in [5.41, 5.74) is 0.487. The molecule has 0 aliphatic carbocycles. The van der Waals surface area contributed by atoms with E-state index in [4.69, 9.17) is 4.74 Å². The highest BCUT2D eigenvalue weighted by atomic mass is 79.9. The average molecular weight is 356 g/mol. The van der Waals surface area contributed by atoms with Crippen LogP contribution in [0.25, 0.3) is 0 Å². The molecule has 116 valence electrons. The van der Waals surface area contributed by atoms with Gasteiger partial charge in [-0.05, 0) is 44.0 Å². The fraction of sp³-hybridized carbons (Fsp3) is 0.562. The number of aliphatic carboxylic acids is 1. The topological polar surface area (TPSA) is 49.8 Å². The molecule has 21 heavy (non-hydrogen) atoms. The molecule has 0 radical (unpaired) electrons. The summed E-state index contributed by atoms with van der Waals surface area (Å²) in [5, 5.41) is 9.56. The SMILES string of the molecule is CCC1(C(=O)O)CCCN(Cc2cc(Br)ccc2OC)C1. The molecule has 5 heteroatoms. The molecule has 1 aliphatic rings. The minimum absolute atomic E-state index is 0.600. The monoisotopic (exact) mass is 355 g/mol. The van der Waals surface area contributed by atoms with E-state index in [1.54, 1.807) is 7.11 Å². The molecular formula is C16H22BrNO3. The predicted octanol–water partition coefficient (Wildman–Crippen LogP) is 3.53. The maximum Gasteiger partial charge on any atom is 0.310 e. The number of piperidine rings is 1. The molecule has 1 heterocycles. The lowest BCUT2D eigenvalue weighted by Gasteiger charge is -2.39.